The minimum absolute atomic E-state index is 0.132. The van der Waals surface area contributed by atoms with E-state index in [9.17, 15) is 9.90 Å². The molecule has 4 aromatic carbocycles. The number of benzene rings is 4. The lowest BCUT2D eigenvalue weighted by Gasteiger charge is -2.07. The molecule has 0 spiro atoms. The van der Waals surface area contributed by atoms with Crippen molar-refractivity contribution in [3.63, 3.8) is 0 Å². The molecule has 5 nitrogen and oxygen atoms in total. The molecule has 1 N–H and O–H groups in total. The molecule has 0 radical (unpaired) electrons. The summed E-state index contributed by atoms with van der Waals surface area (Å²) in [4.78, 5) is 13.0. The number of nitrogens with zero attached hydrogens (tertiary/aromatic N) is 2. The van der Waals surface area contributed by atoms with Crippen molar-refractivity contribution < 1.29 is 14.6 Å². The van der Waals surface area contributed by atoms with Crippen LogP contribution in [0.5, 0.6) is 11.5 Å². The first kappa shape index (κ1) is 20.8. The third-order valence-electron chi connectivity index (χ3n) is 4.60. The van der Waals surface area contributed by atoms with Crippen molar-refractivity contribution in [2.24, 2.45) is 10.2 Å². The van der Waals surface area contributed by atoms with Crippen molar-refractivity contribution in [2.75, 3.05) is 0 Å². The highest BCUT2D eigenvalue weighted by Gasteiger charge is 2.18. The lowest BCUT2D eigenvalue weighted by atomic mass is 10.1. The highest BCUT2D eigenvalue weighted by atomic mass is 16.5. The van der Waals surface area contributed by atoms with Gasteiger partial charge in [0.05, 0.1) is 5.69 Å². The number of azo groups is 1. The number of hydrogen-bond acceptors (Lipinski definition) is 5. The minimum atomic E-state index is -0.417. The molecular weight excluding hydrogens is 400 g/mol. The summed E-state index contributed by atoms with van der Waals surface area (Å²) in [5.41, 5.74) is 1.28. The molecule has 0 bridgehead atoms. The van der Waals surface area contributed by atoms with Gasteiger partial charge in [-0.3, -0.25) is 4.79 Å². The van der Waals surface area contributed by atoms with Crippen molar-refractivity contribution in [3.8, 4) is 11.5 Å². The molecule has 0 aliphatic carbocycles. The van der Waals surface area contributed by atoms with E-state index in [2.05, 4.69) is 10.2 Å². The second-order valence-electron chi connectivity index (χ2n) is 6.87. The fourth-order valence-electron chi connectivity index (χ4n) is 2.97. The lowest BCUT2D eigenvalue weighted by Crippen LogP contribution is -2.04. The maximum atomic E-state index is 13.0. The van der Waals surface area contributed by atoms with Gasteiger partial charge in [0.25, 0.3) is 0 Å². The molecule has 4 rings (SSSR count). The van der Waals surface area contributed by atoms with E-state index in [4.69, 9.17) is 4.74 Å². The number of carbonyl (C=O) groups excluding carboxylic acids is 1. The fourth-order valence-corrected chi connectivity index (χ4v) is 2.97. The zero-order valence-electron chi connectivity index (χ0n) is 17.1. The average Bonchev–Trinajstić information content (AvgIpc) is 2.86. The van der Waals surface area contributed by atoms with Crippen LogP contribution < -0.4 is 4.74 Å². The van der Waals surface area contributed by atoms with Crippen LogP contribution in [0.1, 0.15) is 15.9 Å². The zero-order valence-corrected chi connectivity index (χ0v) is 17.1. The largest absolute Gasteiger partial charge is 0.505 e. The summed E-state index contributed by atoms with van der Waals surface area (Å²) in [6.07, 6.45) is 0. The molecule has 32 heavy (non-hydrogen) atoms. The Morgan fingerprint density at radius 1 is 0.625 bits per heavy atom. The first-order valence-electron chi connectivity index (χ1n) is 10.0. The van der Waals surface area contributed by atoms with E-state index in [-0.39, 0.29) is 11.5 Å². The van der Waals surface area contributed by atoms with E-state index in [0.717, 1.165) is 5.75 Å². The maximum absolute atomic E-state index is 13.0. The van der Waals surface area contributed by atoms with E-state index in [1.54, 1.807) is 72.8 Å². The van der Waals surface area contributed by atoms with Crippen LogP contribution in [0.3, 0.4) is 0 Å². The van der Waals surface area contributed by atoms with Crippen LogP contribution in [0, 0.1) is 0 Å². The topological polar surface area (TPSA) is 71.2 Å². The molecule has 0 aliphatic rings. The number of allylic oxidation sites excluding steroid dienone is 1. The molecule has 0 aliphatic heterocycles. The molecule has 5 heteroatoms. The van der Waals surface area contributed by atoms with Gasteiger partial charge in [0.2, 0.25) is 5.78 Å². The van der Waals surface area contributed by atoms with Crippen molar-refractivity contribution in [1.29, 1.82) is 0 Å². The molecule has 0 fully saturated rings. The Labute approximate surface area is 186 Å². The van der Waals surface area contributed by atoms with E-state index in [1.807, 2.05) is 42.5 Å². The number of aliphatic hydroxyl groups excluding tert-OH is 1. The van der Waals surface area contributed by atoms with Crippen LogP contribution in [0.4, 0.5) is 5.69 Å². The van der Waals surface area contributed by atoms with E-state index < -0.39 is 5.78 Å². The van der Waals surface area contributed by atoms with Crippen LogP contribution >= 0.6 is 0 Å². The second kappa shape index (κ2) is 10.00. The van der Waals surface area contributed by atoms with Gasteiger partial charge in [-0.25, -0.2) is 0 Å². The summed E-state index contributed by atoms with van der Waals surface area (Å²) in [6.45, 7) is 0. The van der Waals surface area contributed by atoms with Gasteiger partial charge in [-0.2, -0.15) is 5.11 Å². The summed E-state index contributed by atoms with van der Waals surface area (Å²) in [6, 6.07) is 33.9. The normalized spacial score (nSPS) is 11.8. The molecule has 0 unspecified atom stereocenters. The average molecular weight is 420 g/mol. The maximum Gasteiger partial charge on any atom is 0.217 e. The molecule has 0 saturated carbocycles. The predicted molar refractivity (Wildman–Crippen MR) is 124 cm³/mol. The number of rotatable bonds is 7. The number of para-hydroxylation sites is 1. The third-order valence-corrected chi connectivity index (χ3v) is 4.60. The van der Waals surface area contributed by atoms with Gasteiger partial charge in [-0.1, -0.05) is 78.9 Å². The van der Waals surface area contributed by atoms with Gasteiger partial charge < -0.3 is 9.84 Å². The number of carbonyl (C=O) groups is 1. The summed E-state index contributed by atoms with van der Waals surface area (Å²) in [5.74, 6) is 0.735. The van der Waals surface area contributed by atoms with Crippen molar-refractivity contribution in [3.05, 3.63) is 132 Å². The quantitative estimate of drug-likeness (QED) is 0.147. The van der Waals surface area contributed by atoms with Crippen LogP contribution in [0.15, 0.2) is 131 Å². The Morgan fingerprint density at radius 3 is 1.72 bits per heavy atom. The Balaban J connectivity index is 1.61. The summed E-state index contributed by atoms with van der Waals surface area (Å²) < 4.78 is 5.78. The second-order valence-corrected chi connectivity index (χ2v) is 6.87. The van der Waals surface area contributed by atoms with Crippen molar-refractivity contribution in [2.45, 2.75) is 0 Å². The fraction of sp³-hybridized carbons (Fsp3) is 0. The standard InChI is InChI=1S/C27H20N2O3/c30-26(20-10-4-1-5-11-20)25(27(31)21-12-6-2-7-13-21)29-28-22-16-18-24(19-17-22)32-23-14-8-3-9-15-23/h1-19,30H/b26-25+,29-28?. The Hall–Kier alpha value is -4.51. The molecular formula is C27H20N2O3. The van der Waals surface area contributed by atoms with Gasteiger partial charge in [0.1, 0.15) is 11.5 Å². The van der Waals surface area contributed by atoms with E-state index >= 15 is 0 Å². The van der Waals surface area contributed by atoms with E-state index in [1.165, 1.54) is 0 Å². The number of Topliss-reactive ketones (excluding diaryl/α,β-unsaturated/α-hetero) is 1. The smallest absolute Gasteiger partial charge is 0.217 e. The predicted octanol–water partition coefficient (Wildman–Crippen LogP) is 7.37. The molecule has 0 heterocycles. The van der Waals surface area contributed by atoms with Crippen LogP contribution in [-0.4, -0.2) is 10.9 Å². The molecule has 0 saturated heterocycles. The highest BCUT2D eigenvalue weighted by molar-refractivity contribution is 6.12. The zero-order chi connectivity index (χ0) is 22.2. The number of hydrogen-bond donors (Lipinski definition) is 1. The highest BCUT2D eigenvalue weighted by Crippen LogP contribution is 2.26. The molecule has 4 aromatic rings. The monoisotopic (exact) mass is 420 g/mol. The van der Waals surface area contributed by atoms with Gasteiger partial charge in [-0.05, 0) is 36.4 Å². The number of ketones is 1. The lowest BCUT2D eigenvalue weighted by molar-refractivity contribution is 0.103. The minimum Gasteiger partial charge on any atom is -0.505 e. The summed E-state index contributed by atoms with van der Waals surface area (Å²) in [5, 5.41) is 19.1. The van der Waals surface area contributed by atoms with Gasteiger partial charge in [0, 0.05) is 11.1 Å². The Morgan fingerprint density at radius 2 is 1.12 bits per heavy atom. The molecule has 0 aromatic heterocycles. The summed E-state index contributed by atoms with van der Waals surface area (Å²) >= 11 is 0. The van der Waals surface area contributed by atoms with Crippen molar-refractivity contribution in [1.82, 2.24) is 0 Å². The molecule has 0 atom stereocenters. The Bertz CT molecular complexity index is 1230. The first-order chi connectivity index (χ1) is 15.7. The first-order valence-corrected chi connectivity index (χ1v) is 10.0. The van der Waals surface area contributed by atoms with E-state index in [0.29, 0.717) is 22.6 Å². The van der Waals surface area contributed by atoms with Crippen molar-refractivity contribution >= 4 is 17.2 Å². The molecule has 0 amide bonds. The SMILES string of the molecule is O=C(/C(N=Nc1ccc(Oc2ccccc2)cc1)=C(\O)c1ccccc1)c1ccccc1. The van der Waals surface area contributed by atoms with Crippen LogP contribution in [0.25, 0.3) is 5.76 Å². The van der Waals surface area contributed by atoms with Gasteiger partial charge in [0.15, 0.2) is 11.5 Å². The molecule has 156 valence electrons. The van der Waals surface area contributed by atoms with Crippen LogP contribution in [-0.2, 0) is 0 Å². The number of ether oxygens (including phenoxy) is 1. The summed E-state index contributed by atoms with van der Waals surface area (Å²) in [7, 11) is 0. The van der Waals surface area contributed by atoms with Gasteiger partial charge >= 0.3 is 0 Å². The number of aliphatic hydroxyl groups is 1. The van der Waals surface area contributed by atoms with Crippen LogP contribution in [0.2, 0.25) is 0 Å². The van der Waals surface area contributed by atoms with Gasteiger partial charge in [-0.15, -0.1) is 5.11 Å². The Kier molecular flexibility index (Phi) is 6.48. The third kappa shape index (κ3) is 5.15.